The molecule has 1 aliphatic rings. The third-order valence-electron chi connectivity index (χ3n) is 3.21. The molecule has 0 amide bonds. The molecule has 1 aromatic carbocycles. The van der Waals surface area contributed by atoms with Crippen molar-refractivity contribution in [3.05, 3.63) is 30.3 Å². The van der Waals surface area contributed by atoms with Crippen molar-refractivity contribution in [2.45, 2.75) is 41.4 Å². The van der Waals surface area contributed by atoms with Crippen molar-refractivity contribution in [1.82, 2.24) is 0 Å². The van der Waals surface area contributed by atoms with Gasteiger partial charge < -0.3 is 10.8 Å². The van der Waals surface area contributed by atoms with E-state index in [0.29, 0.717) is 18.1 Å². The van der Waals surface area contributed by atoms with Gasteiger partial charge >= 0.3 is 5.97 Å². The first-order valence-corrected chi connectivity index (χ1v) is 6.72. The molecule has 3 nitrogen and oxygen atoms in total. The maximum atomic E-state index is 11.1. The van der Waals surface area contributed by atoms with Gasteiger partial charge in [0.25, 0.3) is 0 Å². The largest absolute Gasteiger partial charge is 0.480 e. The average Bonchev–Trinajstić information content (AvgIpc) is 2.30. The molecule has 0 radical (unpaired) electrons. The summed E-state index contributed by atoms with van der Waals surface area (Å²) in [7, 11) is 0. The zero-order valence-electron chi connectivity index (χ0n) is 9.63. The Bertz CT molecular complexity index is 396. The first-order chi connectivity index (χ1) is 8.10. The summed E-state index contributed by atoms with van der Waals surface area (Å²) in [4.78, 5) is 12.3. The zero-order valence-corrected chi connectivity index (χ0v) is 10.5. The van der Waals surface area contributed by atoms with Crippen LogP contribution in [-0.4, -0.2) is 21.9 Å². The molecule has 0 aromatic heterocycles. The predicted octanol–water partition coefficient (Wildman–Crippen LogP) is 2.50. The highest BCUT2D eigenvalue weighted by Gasteiger charge is 2.39. The van der Waals surface area contributed by atoms with Crippen LogP contribution in [0.15, 0.2) is 35.2 Å². The molecule has 1 saturated carbocycles. The van der Waals surface area contributed by atoms with Gasteiger partial charge in [-0.05, 0) is 37.8 Å². The van der Waals surface area contributed by atoms with Gasteiger partial charge in [-0.3, -0.25) is 4.79 Å². The number of carbonyl (C=O) groups is 1. The van der Waals surface area contributed by atoms with Gasteiger partial charge in [0.2, 0.25) is 0 Å². The first-order valence-electron chi connectivity index (χ1n) is 5.84. The number of thioether (sulfide) groups is 1. The number of carboxylic acid groups (broad SMARTS) is 1. The second kappa shape index (κ2) is 5.10. The summed E-state index contributed by atoms with van der Waals surface area (Å²) in [6.45, 7) is 0. The minimum absolute atomic E-state index is 0.312. The quantitative estimate of drug-likeness (QED) is 0.866. The van der Waals surface area contributed by atoms with Gasteiger partial charge in [0.15, 0.2) is 0 Å². The van der Waals surface area contributed by atoms with E-state index < -0.39 is 11.5 Å². The van der Waals surface area contributed by atoms with Crippen LogP contribution < -0.4 is 5.73 Å². The minimum atomic E-state index is -1.02. The summed E-state index contributed by atoms with van der Waals surface area (Å²) in [6.07, 6.45) is 3.09. The lowest BCUT2D eigenvalue weighted by molar-refractivity contribution is -0.144. The molecule has 1 aromatic rings. The van der Waals surface area contributed by atoms with Crippen molar-refractivity contribution in [3.63, 3.8) is 0 Å². The van der Waals surface area contributed by atoms with Gasteiger partial charge in [-0.2, -0.15) is 0 Å². The molecule has 0 bridgehead atoms. The van der Waals surface area contributed by atoms with Crippen LogP contribution in [0.4, 0.5) is 0 Å². The van der Waals surface area contributed by atoms with E-state index in [9.17, 15) is 4.79 Å². The molecule has 0 spiro atoms. The Morgan fingerprint density at radius 1 is 1.41 bits per heavy atom. The molecule has 1 fully saturated rings. The van der Waals surface area contributed by atoms with E-state index >= 15 is 0 Å². The monoisotopic (exact) mass is 251 g/mol. The smallest absolute Gasteiger partial charge is 0.323 e. The highest BCUT2D eigenvalue weighted by Crippen LogP contribution is 2.37. The molecule has 17 heavy (non-hydrogen) atoms. The molecular formula is C13H17NO2S. The molecular weight excluding hydrogens is 234 g/mol. The number of rotatable bonds is 3. The number of carboxylic acids is 1. The molecule has 2 rings (SSSR count). The predicted molar refractivity (Wildman–Crippen MR) is 69.1 cm³/mol. The second-order valence-electron chi connectivity index (χ2n) is 4.61. The SMILES string of the molecule is NC1(C(=O)O)CCCC(Sc2ccccc2)C1. The van der Waals surface area contributed by atoms with Crippen molar-refractivity contribution in [1.29, 1.82) is 0 Å². The Morgan fingerprint density at radius 2 is 2.12 bits per heavy atom. The number of hydrogen-bond acceptors (Lipinski definition) is 3. The molecule has 92 valence electrons. The van der Waals surface area contributed by atoms with E-state index in [1.807, 2.05) is 18.2 Å². The molecule has 1 aliphatic carbocycles. The van der Waals surface area contributed by atoms with E-state index in [0.717, 1.165) is 12.8 Å². The lowest BCUT2D eigenvalue weighted by atomic mass is 9.82. The maximum absolute atomic E-state index is 11.1. The standard InChI is InChI=1S/C13H17NO2S/c14-13(12(15)16)8-4-7-11(9-13)17-10-5-2-1-3-6-10/h1-3,5-6,11H,4,7-9,14H2,(H,15,16). The maximum Gasteiger partial charge on any atom is 0.323 e. The third-order valence-corrected chi connectivity index (χ3v) is 4.49. The molecule has 0 saturated heterocycles. The summed E-state index contributed by atoms with van der Waals surface area (Å²) >= 11 is 1.74. The zero-order chi connectivity index (χ0) is 12.3. The van der Waals surface area contributed by atoms with Gasteiger partial charge in [-0.15, -0.1) is 11.8 Å². The summed E-state index contributed by atoms with van der Waals surface area (Å²) in [6, 6.07) is 10.1. The fraction of sp³-hybridized carbons (Fsp3) is 0.462. The highest BCUT2D eigenvalue weighted by molar-refractivity contribution is 8.00. The van der Waals surface area contributed by atoms with Gasteiger partial charge in [0.1, 0.15) is 5.54 Å². The van der Waals surface area contributed by atoms with Crippen LogP contribution in [0, 0.1) is 0 Å². The molecule has 3 N–H and O–H groups in total. The third kappa shape index (κ3) is 3.01. The molecule has 0 heterocycles. The van der Waals surface area contributed by atoms with Crippen LogP contribution in [0.25, 0.3) is 0 Å². The Hall–Kier alpha value is -1.00. The number of hydrogen-bond donors (Lipinski definition) is 2. The fourth-order valence-corrected chi connectivity index (χ4v) is 3.61. The summed E-state index contributed by atoms with van der Waals surface area (Å²) in [5.41, 5.74) is 4.91. The van der Waals surface area contributed by atoms with Crippen molar-refractivity contribution >= 4 is 17.7 Å². The lowest BCUT2D eigenvalue weighted by Crippen LogP contribution is -2.51. The van der Waals surface area contributed by atoms with E-state index in [4.69, 9.17) is 10.8 Å². The summed E-state index contributed by atoms with van der Waals surface area (Å²) in [5, 5.41) is 9.46. The molecule has 2 atom stereocenters. The van der Waals surface area contributed by atoms with Crippen LogP contribution in [-0.2, 0) is 4.79 Å². The number of aliphatic carboxylic acids is 1. The van der Waals surface area contributed by atoms with Crippen LogP contribution >= 0.6 is 11.8 Å². The molecule has 4 heteroatoms. The second-order valence-corrected chi connectivity index (χ2v) is 5.98. The Morgan fingerprint density at radius 3 is 2.76 bits per heavy atom. The van der Waals surface area contributed by atoms with Crippen LogP contribution in [0.1, 0.15) is 25.7 Å². The topological polar surface area (TPSA) is 63.3 Å². The van der Waals surface area contributed by atoms with Crippen molar-refractivity contribution in [3.8, 4) is 0 Å². The fourth-order valence-electron chi connectivity index (χ4n) is 2.24. The van der Waals surface area contributed by atoms with E-state index in [-0.39, 0.29) is 0 Å². The van der Waals surface area contributed by atoms with Gasteiger partial charge in [-0.25, -0.2) is 0 Å². The molecule has 0 aliphatic heterocycles. The Kier molecular flexibility index (Phi) is 3.74. The van der Waals surface area contributed by atoms with Gasteiger partial charge in [0.05, 0.1) is 0 Å². The first kappa shape index (κ1) is 12.5. The van der Waals surface area contributed by atoms with E-state index in [1.54, 1.807) is 11.8 Å². The van der Waals surface area contributed by atoms with Crippen LogP contribution in [0.5, 0.6) is 0 Å². The van der Waals surface area contributed by atoms with Crippen molar-refractivity contribution in [2.24, 2.45) is 5.73 Å². The van der Waals surface area contributed by atoms with Crippen molar-refractivity contribution in [2.75, 3.05) is 0 Å². The lowest BCUT2D eigenvalue weighted by Gasteiger charge is -2.34. The minimum Gasteiger partial charge on any atom is -0.480 e. The van der Waals surface area contributed by atoms with Crippen LogP contribution in [0.2, 0.25) is 0 Å². The molecule has 2 unspecified atom stereocenters. The average molecular weight is 251 g/mol. The summed E-state index contributed by atoms with van der Waals surface area (Å²) < 4.78 is 0. The summed E-state index contributed by atoms with van der Waals surface area (Å²) in [5.74, 6) is -0.865. The van der Waals surface area contributed by atoms with Gasteiger partial charge in [-0.1, -0.05) is 18.2 Å². The van der Waals surface area contributed by atoms with E-state index in [1.165, 1.54) is 4.90 Å². The van der Waals surface area contributed by atoms with E-state index in [2.05, 4.69) is 12.1 Å². The number of nitrogens with two attached hydrogens (primary N) is 1. The van der Waals surface area contributed by atoms with Crippen LogP contribution in [0.3, 0.4) is 0 Å². The normalized spacial score (nSPS) is 28.9. The van der Waals surface area contributed by atoms with Crippen molar-refractivity contribution < 1.29 is 9.90 Å². The van der Waals surface area contributed by atoms with Gasteiger partial charge in [0, 0.05) is 10.1 Å². The highest BCUT2D eigenvalue weighted by atomic mass is 32.2. The Balaban J connectivity index is 2.01. The number of benzene rings is 1. The Labute approximate surface area is 105 Å².